The lowest BCUT2D eigenvalue weighted by atomic mass is 9.81. The third-order valence-electron chi connectivity index (χ3n) is 15.5. The molecule has 0 spiro atoms. The highest BCUT2D eigenvalue weighted by molar-refractivity contribution is 5.98. The van der Waals surface area contributed by atoms with Crippen LogP contribution in [0.25, 0.3) is 66.4 Å². The molecule has 0 amide bonds. The van der Waals surface area contributed by atoms with Gasteiger partial charge in [0.25, 0.3) is 0 Å². The molecule has 0 aromatic heterocycles. The average Bonchev–Trinajstić information content (AvgIpc) is 3.73. The highest BCUT2D eigenvalue weighted by Crippen LogP contribution is 2.55. The molecule has 0 radical (unpaired) electrons. The van der Waals surface area contributed by atoms with Crippen LogP contribution in [-0.4, -0.2) is 0 Å². The molecule has 0 saturated heterocycles. The Morgan fingerprint density at radius 1 is 0.354 bits per heavy atom. The molecule has 0 aliphatic heterocycles. The number of hydrogen-bond donors (Lipinski definition) is 0. The molecule has 1 nitrogen and oxygen atoms in total. The Bertz CT molecular complexity index is 3270. The van der Waals surface area contributed by atoms with Crippen molar-refractivity contribution in [2.24, 2.45) is 0 Å². The highest BCUT2D eigenvalue weighted by Gasteiger charge is 2.39. The van der Waals surface area contributed by atoms with E-state index in [0.717, 1.165) is 5.69 Å². The summed E-state index contributed by atoms with van der Waals surface area (Å²) in [6.45, 7) is 9.56. The van der Waals surface area contributed by atoms with Gasteiger partial charge in [-0.25, -0.2) is 0 Å². The van der Waals surface area contributed by atoms with Crippen LogP contribution < -0.4 is 4.90 Å². The summed E-state index contributed by atoms with van der Waals surface area (Å²) in [6, 6.07) is 73.5. The maximum Gasteiger partial charge on any atom is 0.0465 e. The van der Waals surface area contributed by atoms with Gasteiger partial charge in [-0.2, -0.15) is 0 Å². The molecule has 65 heavy (non-hydrogen) atoms. The average molecular weight is 838 g/mol. The minimum atomic E-state index is -0.170. The van der Waals surface area contributed by atoms with Crippen LogP contribution in [0.4, 0.5) is 17.1 Å². The van der Waals surface area contributed by atoms with Crippen LogP contribution in [0.15, 0.2) is 194 Å². The van der Waals surface area contributed by atoms with Crippen LogP contribution in [-0.2, 0) is 10.8 Å². The second-order valence-corrected chi connectivity index (χ2v) is 19.9. The molecule has 3 aliphatic carbocycles. The van der Waals surface area contributed by atoms with Gasteiger partial charge >= 0.3 is 0 Å². The van der Waals surface area contributed by atoms with E-state index in [1.807, 2.05) is 0 Å². The summed E-state index contributed by atoms with van der Waals surface area (Å²) in [5.74, 6) is 0.661. The SMILES string of the molecule is CC1(C)c2ccc(-c3cccc4c3-c3ccccc3C4(C)C)cc2-c2ccc(N(c3ccc(-c4cc5ccccc5cc4-c4ccccc4)cc3)c3ccc(C4CCCCC4)cc3)cc21. The standard InChI is InChI=1S/C64H55N/c1-63(2)58-24-14-13-22-54(58)62-52(23-15-25-60(62)63)48-30-37-59-57(40-48)53-36-35-51(41-61(53)64(59,3)4)65(49-31-26-43(27-32-49)42-16-7-5-8-17-42)50-33-28-45(29-34-50)56-39-47-21-12-11-20-46(47)38-55(56)44-18-9-6-10-19-44/h6,9-15,18-42H,5,7-8,16-17H2,1-4H3. The number of fused-ring (bicyclic) bond motifs is 7. The first-order valence-corrected chi connectivity index (χ1v) is 23.9. The van der Waals surface area contributed by atoms with Crippen LogP contribution in [0.2, 0.25) is 0 Å². The maximum absolute atomic E-state index is 2.48. The number of anilines is 3. The Kier molecular flexibility index (Phi) is 9.35. The van der Waals surface area contributed by atoms with E-state index in [1.54, 1.807) is 0 Å². The lowest BCUT2D eigenvalue weighted by Gasteiger charge is -2.29. The summed E-state index contributed by atoms with van der Waals surface area (Å²) >= 11 is 0. The van der Waals surface area contributed by atoms with E-state index in [-0.39, 0.29) is 10.8 Å². The van der Waals surface area contributed by atoms with Crippen LogP contribution in [0.5, 0.6) is 0 Å². The largest absolute Gasteiger partial charge is 0.310 e. The van der Waals surface area contributed by atoms with Gasteiger partial charge in [0.05, 0.1) is 0 Å². The molecule has 9 aromatic carbocycles. The normalized spacial score (nSPS) is 15.6. The Morgan fingerprint density at radius 3 is 1.63 bits per heavy atom. The highest BCUT2D eigenvalue weighted by atomic mass is 15.1. The molecule has 0 atom stereocenters. The maximum atomic E-state index is 2.48. The van der Waals surface area contributed by atoms with E-state index >= 15 is 0 Å². The van der Waals surface area contributed by atoms with Gasteiger partial charge in [-0.15, -0.1) is 0 Å². The zero-order chi connectivity index (χ0) is 43.9. The van der Waals surface area contributed by atoms with Crippen molar-refractivity contribution in [2.45, 2.75) is 76.5 Å². The van der Waals surface area contributed by atoms with Crippen molar-refractivity contribution in [3.8, 4) is 55.6 Å². The van der Waals surface area contributed by atoms with Crippen LogP contribution in [0.1, 0.15) is 93.5 Å². The summed E-state index contributed by atoms with van der Waals surface area (Å²) in [4.78, 5) is 2.48. The summed E-state index contributed by atoms with van der Waals surface area (Å²) in [7, 11) is 0. The molecule has 12 rings (SSSR count). The zero-order valence-corrected chi connectivity index (χ0v) is 38.0. The molecule has 0 unspecified atom stereocenters. The van der Waals surface area contributed by atoms with E-state index in [2.05, 4.69) is 227 Å². The van der Waals surface area contributed by atoms with Crippen molar-refractivity contribution in [2.75, 3.05) is 4.90 Å². The molecule has 9 aromatic rings. The van der Waals surface area contributed by atoms with E-state index in [4.69, 9.17) is 0 Å². The van der Waals surface area contributed by atoms with Gasteiger partial charge in [-0.3, -0.25) is 0 Å². The fourth-order valence-electron chi connectivity index (χ4n) is 11.9. The van der Waals surface area contributed by atoms with Gasteiger partial charge in [0.1, 0.15) is 0 Å². The van der Waals surface area contributed by atoms with Crippen molar-refractivity contribution >= 4 is 27.8 Å². The topological polar surface area (TPSA) is 3.24 Å². The second-order valence-electron chi connectivity index (χ2n) is 19.9. The van der Waals surface area contributed by atoms with E-state index in [1.165, 1.54) is 138 Å². The van der Waals surface area contributed by atoms with Gasteiger partial charge in [0.15, 0.2) is 0 Å². The fraction of sp³-hybridized carbons (Fsp3) is 0.188. The Balaban J connectivity index is 0.959. The first-order chi connectivity index (χ1) is 31.7. The Hall–Kier alpha value is -6.96. The lowest BCUT2D eigenvalue weighted by molar-refractivity contribution is 0.443. The van der Waals surface area contributed by atoms with Crippen LogP contribution >= 0.6 is 0 Å². The van der Waals surface area contributed by atoms with E-state index < -0.39 is 0 Å². The van der Waals surface area contributed by atoms with E-state index in [9.17, 15) is 0 Å². The van der Waals surface area contributed by atoms with E-state index in [0.29, 0.717) is 5.92 Å². The van der Waals surface area contributed by atoms with Crippen LogP contribution in [0, 0.1) is 0 Å². The summed E-state index contributed by atoms with van der Waals surface area (Å²) in [5, 5.41) is 2.51. The van der Waals surface area contributed by atoms with Gasteiger partial charge < -0.3 is 4.90 Å². The summed E-state index contributed by atoms with van der Waals surface area (Å²) < 4.78 is 0. The summed E-state index contributed by atoms with van der Waals surface area (Å²) in [5.41, 5.74) is 23.3. The third-order valence-corrected chi connectivity index (χ3v) is 15.5. The third kappa shape index (κ3) is 6.50. The molecule has 316 valence electrons. The smallest absolute Gasteiger partial charge is 0.0465 e. The zero-order valence-electron chi connectivity index (χ0n) is 38.0. The van der Waals surface area contributed by atoms with Crippen molar-refractivity contribution in [3.63, 3.8) is 0 Å². The molecule has 1 heteroatoms. The fourth-order valence-corrected chi connectivity index (χ4v) is 11.9. The lowest BCUT2D eigenvalue weighted by Crippen LogP contribution is -2.16. The minimum absolute atomic E-state index is 0.0341. The molecule has 0 bridgehead atoms. The van der Waals surface area contributed by atoms with Crippen LogP contribution in [0.3, 0.4) is 0 Å². The quantitative estimate of drug-likeness (QED) is 0.155. The minimum Gasteiger partial charge on any atom is -0.310 e. The number of nitrogens with zero attached hydrogens (tertiary/aromatic N) is 1. The molecular formula is C64H55N. The molecule has 0 N–H and O–H groups in total. The monoisotopic (exact) mass is 837 g/mol. The van der Waals surface area contributed by atoms with Gasteiger partial charge in [0.2, 0.25) is 0 Å². The van der Waals surface area contributed by atoms with Gasteiger partial charge in [-0.1, -0.05) is 186 Å². The van der Waals surface area contributed by atoms with Crippen molar-refractivity contribution < 1.29 is 0 Å². The molecular weight excluding hydrogens is 783 g/mol. The summed E-state index contributed by atoms with van der Waals surface area (Å²) in [6.07, 6.45) is 6.63. The van der Waals surface area contributed by atoms with Crippen molar-refractivity contribution in [1.29, 1.82) is 0 Å². The molecule has 1 fully saturated rings. The number of benzene rings is 9. The Morgan fingerprint density at radius 2 is 0.908 bits per heavy atom. The van der Waals surface area contributed by atoms with Gasteiger partial charge in [0, 0.05) is 27.9 Å². The molecule has 3 aliphatic rings. The van der Waals surface area contributed by atoms with Gasteiger partial charge in [-0.05, 0) is 168 Å². The van der Waals surface area contributed by atoms with Crippen molar-refractivity contribution in [1.82, 2.24) is 0 Å². The molecule has 1 saturated carbocycles. The molecule has 0 heterocycles. The first kappa shape index (κ1) is 39.6. The Labute approximate surface area is 385 Å². The predicted octanol–water partition coefficient (Wildman–Crippen LogP) is 18.0. The van der Waals surface area contributed by atoms with Crippen molar-refractivity contribution in [3.05, 3.63) is 222 Å². The predicted molar refractivity (Wildman–Crippen MR) is 276 cm³/mol. The first-order valence-electron chi connectivity index (χ1n) is 23.9. The second kappa shape index (κ2) is 15.3. The number of hydrogen-bond acceptors (Lipinski definition) is 1. The number of rotatable bonds is 7.